The van der Waals surface area contributed by atoms with Gasteiger partial charge in [-0.3, -0.25) is 0 Å². The molecule has 2 N–H and O–H groups in total. The van der Waals surface area contributed by atoms with Gasteiger partial charge in [-0.25, -0.2) is 9.97 Å². The molecule has 1 aromatic carbocycles. The summed E-state index contributed by atoms with van der Waals surface area (Å²) in [5, 5.41) is 0.673. The van der Waals surface area contributed by atoms with Crippen LogP contribution in [0.3, 0.4) is 0 Å². The lowest BCUT2D eigenvalue weighted by molar-refractivity contribution is 0.291. The van der Waals surface area contributed by atoms with Crippen LogP contribution in [0.25, 0.3) is 0 Å². The van der Waals surface area contributed by atoms with Gasteiger partial charge in [-0.1, -0.05) is 29.8 Å². The van der Waals surface area contributed by atoms with E-state index in [9.17, 15) is 0 Å². The highest BCUT2D eigenvalue weighted by atomic mass is 35.5. The highest BCUT2D eigenvalue weighted by Gasteiger charge is 2.06. The Bertz CT molecular complexity index is 531. The molecule has 0 bridgehead atoms. The van der Waals surface area contributed by atoms with Crippen LogP contribution in [0.2, 0.25) is 5.02 Å². The Morgan fingerprint density at radius 2 is 2.06 bits per heavy atom. The minimum absolute atomic E-state index is 0.358. The van der Waals surface area contributed by atoms with Crippen molar-refractivity contribution in [2.24, 2.45) is 0 Å². The van der Waals surface area contributed by atoms with Crippen LogP contribution in [0.1, 0.15) is 11.1 Å². The molecule has 5 heteroatoms. The first kappa shape index (κ1) is 11.7. The van der Waals surface area contributed by atoms with Crippen molar-refractivity contribution in [3.05, 3.63) is 46.7 Å². The first-order chi connectivity index (χ1) is 8.18. The number of aromatic nitrogens is 2. The van der Waals surface area contributed by atoms with Gasteiger partial charge in [0.15, 0.2) is 0 Å². The van der Waals surface area contributed by atoms with Gasteiger partial charge in [0, 0.05) is 10.6 Å². The van der Waals surface area contributed by atoms with E-state index in [0.717, 1.165) is 11.1 Å². The van der Waals surface area contributed by atoms with Crippen LogP contribution in [-0.4, -0.2) is 9.97 Å². The molecule has 4 nitrogen and oxygen atoms in total. The molecule has 17 heavy (non-hydrogen) atoms. The Balaban J connectivity index is 2.13. The topological polar surface area (TPSA) is 61.0 Å². The van der Waals surface area contributed by atoms with Crippen molar-refractivity contribution in [1.29, 1.82) is 0 Å². The van der Waals surface area contributed by atoms with Gasteiger partial charge in [0.1, 0.15) is 18.8 Å². The number of anilines is 1. The summed E-state index contributed by atoms with van der Waals surface area (Å²) in [4.78, 5) is 7.90. The first-order valence-electron chi connectivity index (χ1n) is 5.11. The normalized spacial score (nSPS) is 10.2. The van der Waals surface area contributed by atoms with Gasteiger partial charge in [0.05, 0.1) is 5.56 Å². The Hall–Kier alpha value is -1.81. The minimum Gasteiger partial charge on any atom is -0.472 e. The maximum absolute atomic E-state index is 6.02. The van der Waals surface area contributed by atoms with Crippen molar-refractivity contribution in [2.45, 2.75) is 13.5 Å². The van der Waals surface area contributed by atoms with Crippen molar-refractivity contribution >= 4 is 17.4 Å². The number of rotatable bonds is 3. The standard InChI is InChI=1S/C12H12ClN3O/c1-8-11(14)15-7-16-12(8)17-6-9-4-2-3-5-10(9)13/h2-5,7H,6H2,1H3,(H2,14,15,16). The molecule has 0 saturated carbocycles. The summed E-state index contributed by atoms with van der Waals surface area (Å²) < 4.78 is 5.57. The lowest BCUT2D eigenvalue weighted by Gasteiger charge is -2.09. The van der Waals surface area contributed by atoms with Gasteiger partial charge in [0.2, 0.25) is 5.88 Å². The lowest BCUT2D eigenvalue weighted by atomic mass is 10.2. The van der Waals surface area contributed by atoms with Crippen LogP contribution < -0.4 is 10.5 Å². The van der Waals surface area contributed by atoms with Gasteiger partial charge in [-0.15, -0.1) is 0 Å². The summed E-state index contributed by atoms with van der Waals surface area (Å²) in [6.07, 6.45) is 1.38. The molecule has 0 aliphatic carbocycles. The van der Waals surface area contributed by atoms with E-state index in [2.05, 4.69) is 9.97 Å². The Morgan fingerprint density at radius 1 is 1.29 bits per heavy atom. The third kappa shape index (κ3) is 2.65. The number of nitrogen functional groups attached to an aromatic ring is 1. The van der Waals surface area contributed by atoms with E-state index in [1.807, 2.05) is 31.2 Å². The molecule has 2 rings (SSSR count). The van der Waals surface area contributed by atoms with Crippen molar-refractivity contribution in [3.8, 4) is 5.88 Å². The van der Waals surface area contributed by atoms with Crippen molar-refractivity contribution in [3.63, 3.8) is 0 Å². The average molecular weight is 250 g/mol. The SMILES string of the molecule is Cc1c(N)ncnc1OCc1ccccc1Cl. The van der Waals surface area contributed by atoms with E-state index in [1.54, 1.807) is 0 Å². The van der Waals surface area contributed by atoms with Crippen molar-refractivity contribution < 1.29 is 4.74 Å². The molecule has 88 valence electrons. The zero-order valence-electron chi connectivity index (χ0n) is 9.35. The predicted molar refractivity (Wildman–Crippen MR) is 67.0 cm³/mol. The maximum Gasteiger partial charge on any atom is 0.221 e. The van der Waals surface area contributed by atoms with Gasteiger partial charge in [0.25, 0.3) is 0 Å². The summed E-state index contributed by atoms with van der Waals surface area (Å²) in [7, 11) is 0. The quantitative estimate of drug-likeness (QED) is 0.908. The summed E-state index contributed by atoms with van der Waals surface area (Å²) >= 11 is 6.02. The number of nitrogens with zero attached hydrogens (tertiary/aromatic N) is 2. The van der Waals surface area contributed by atoms with Crippen LogP contribution >= 0.6 is 11.6 Å². The van der Waals surface area contributed by atoms with E-state index in [-0.39, 0.29) is 0 Å². The zero-order chi connectivity index (χ0) is 12.3. The van der Waals surface area contributed by atoms with E-state index in [1.165, 1.54) is 6.33 Å². The van der Waals surface area contributed by atoms with Gasteiger partial charge in [-0.05, 0) is 13.0 Å². The molecule has 0 aliphatic rings. The van der Waals surface area contributed by atoms with Gasteiger partial charge >= 0.3 is 0 Å². The molecule has 0 radical (unpaired) electrons. The Labute approximate surface area is 104 Å². The van der Waals surface area contributed by atoms with E-state index >= 15 is 0 Å². The van der Waals surface area contributed by atoms with Gasteiger partial charge in [-0.2, -0.15) is 0 Å². The monoisotopic (exact) mass is 249 g/mol. The van der Waals surface area contributed by atoms with Crippen LogP contribution in [0.5, 0.6) is 5.88 Å². The second-order valence-electron chi connectivity index (χ2n) is 3.57. The maximum atomic E-state index is 6.02. The van der Waals surface area contributed by atoms with Crippen LogP contribution in [0.15, 0.2) is 30.6 Å². The highest BCUT2D eigenvalue weighted by molar-refractivity contribution is 6.31. The summed E-state index contributed by atoms with van der Waals surface area (Å²) in [6.45, 7) is 2.17. The molecule has 0 aliphatic heterocycles. The fourth-order valence-electron chi connectivity index (χ4n) is 1.35. The highest BCUT2D eigenvalue weighted by Crippen LogP contribution is 2.21. The second kappa shape index (κ2) is 5.01. The van der Waals surface area contributed by atoms with Crippen LogP contribution in [0.4, 0.5) is 5.82 Å². The molecule has 0 saturated heterocycles. The molecule has 1 aromatic heterocycles. The number of nitrogens with two attached hydrogens (primary N) is 1. The van der Waals surface area contributed by atoms with Crippen LogP contribution in [-0.2, 0) is 6.61 Å². The number of hydrogen-bond acceptors (Lipinski definition) is 4. The molecule has 1 heterocycles. The second-order valence-corrected chi connectivity index (χ2v) is 3.98. The third-order valence-electron chi connectivity index (χ3n) is 2.40. The smallest absolute Gasteiger partial charge is 0.221 e. The average Bonchev–Trinajstić information content (AvgIpc) is 2.33. The molecule has 0 atom stereocenters. The summed E-state index contributed by atoms with van der Waals surface area (Å²) in [6, 6.07) is 7.51. The number of hydrogen-bond donors (Lipinski definition) is 1. The largest absolute Gasteiger partial charge is 0.472 e. The fourth-order valence-corrected chi connectivity index (χ4v) is 1.54. The molecule has 2 aromatic rings. The predicted octanol–water partition coefficient (Wildman–Crippen LogP) is 2.60. The summed E-state index contributed by atoms with van der Waals surface area (Å²) in [5.74, 6) is 0.909. The van der Waals surface area contributed by atoms with Gasteiger partial charge < -0.3 is 10.5 Å². The summed E-state index contributed by atoms with van der Waals surface area (Å²) in [5.41, 5.74) is 7.31. The molecule has 0 spiro atoms. The number of benzene rings is 1. The molecule has 0 unspecified atom stereocenters. The van der Waals surface area contributed by atoms with E-state index in [0.29, 0.717) is 23.3 Å². The number of halogens is 1. The lowest BCUT2D eigenvalue weighted by Crippen LogP contribution is -2.03. The molecular weight excluding hydrogens is 238 g/mol. The van der Waals surface area contributed by atoms with Crippen molar-refractivity contribution in [1.82, 2.24) is 9.97 Å². The Kier molecular flexibility index (Phi) is 3.44. The third-order valence-corrected chi connectivity index (χ3v) is 2.77. The van der Waals surface area contributed by atoms with E-state index in [4.69, 9.17) is 22.1 Å². The Morgan fingerprint density at radius 3 is 2.82 bits per heavy atom. The molecule has 0 fully saturated rings. The van der Waals surface area contributed by atoms with E-state index < -0.39 is 0 Å². The zero-order valence-corrected chi connectivity index (χ0v) is 10.1. The van der Waals surface area contributed by atoms with Crippen molar-refractivity contribution in [2.75, 3.05) is 5.73 Å². The minimum atomic E-state index is 0.358. The molecular formula is C12H12ClN3O. The molecule has 0 amide bonds. The first-order valence-corrected chi connectivity index (χ1v) is 5.49. The fraction of sp³-hybridized carbons (Fsp3) is 0.167. The number of ether oxygens (including phenoxy) is 1. The van der Waals surface area contributed by atoms with Crippen LogP contribution in [0, 0.1) is 6.92 Å².